The third-order valence-corrected chi connectivity index (χ3v) is 5.84. The summed E-state index contributed by atoms with van der Waals surface area (Å²) < 4.78 is 30.8. The van der Waals surface area contributed by atoms with Crippen molar-refractivity contribution in [2.75, 3.05) is 25.4 Å². The summed E-state index contributed by atoms with van der Waals surface area (Å²) in [6, 6.07) is 9.99. The average Bonchev–Trinajstić information content (AvgIpc) is 3.02. The van der Waals surface area contributed by atoms with E-state index in [4.69, 9.17) is 4.42 Å². The first-order valence-electron chi connectivity index (χ1n) is 7.26. The fourth-order valence-electron chi connectivity index (χ4n) is 2.66. The van der Waals surface area contributed by atoms with Gasteiger partial charge in [-0.05, 0) is 25.5 Å². The lowest BCUT2D eigenvalue weighted by Gasteiger charge is -2.16. The molecular formula is C15H20N2O3S. The van der Waals surface area contributed by atoms with Crippen LogP contribution < -0.4 is 5.32 Å². The highest BCUT2D eigenvalue weighted by Crippen LogP contribution is 2.23. The lowest BCUT2D eigenvalue weighted by Crippen LogP contribution is -2.34. The third-order valence-electron chi connectivity index (χ3n) is 3.89. The van der Waals surface area contributed by atoms with Crippen molar-refractivity contribution in [1.82, 2.24) is 9.62 Å². The monoisotopic (exact) mass is 308 g/mol. The largest absolute Gasteiger partial charge is 0.459 e. The Balaban J connectivity index is 1.58. The number of hydrogen-bond donors (Lipinski definition) is 1. The Morgan fingerprint density at radius 1 is 1.38 bits per heavy atom. The maximum atomic E-state index is 11.7. The highest BCUT2D eigenvalue weighted by atomic mass is 32.2. The maximum Gasteiger partial charge on any atom is 0.214 e. The fourth-order valence-corrected chi connectivity index (χ4v) is 4.19. The van der Waals surface area contributed by atoms with Gasteiger partial charge in [0.1, 0.15) is 11.3 Å². The molecule has 1 saturated heterocycles. The van der Waals surface area contributed by atoms with Gasteiger partial charge in [0.25, 0.3) is 0 Å². The van der Waals surface area contributed by atoms with E-state index in [1.54, 1.807) is 4.31 Å². The minimum absolute atomic E-state index is 0.0581. The van der Waals surface area contributed by atoms with Crippen LogP contribution in [0.4, 0.5) is 0 Å². The number of rotatable bonds is 5. The predicted molar refractivity (Wildman–Crippen MR) is 82.6 cm³/mol. The molecule has 2 heterocycles. The van der Waals surface area contributed by atoms with E-state index in [0.29, 0.717) is 19.6 Å². The number of fused-ring (bicyclic) bond motifs is 1. The fraction of sp³-hybridized carbons (Fsp3) is 0.467. The van der Waals surface area contributed by atoms with E-state index in [0.717, 1.165) is 23.2 Å². The molecule has 1 aromatic heterocycles. The first-order valence-corrected chi connectivity index (χ1v) is 8.87. The van der Waals surface area contributed by atoms with Gasteiger partial charge in [-0.15, -0.1) is 0 Å². The minimum Gasteiger partial charge on any atom is -0.459 e. The van der Waals surface area contributed by atoms with Crippen LogP contribution in [0.5, 0.6) is 0 Å². The lowest BCUT2D eigenvalue weighted by molar-refractivity contribution is 0.401. The molecule has 3 rings (SSSR count). The topological polar surface area (TPSA) is 62.6 Å². The van der Waals surface area contributed by atoms with E-state index < -0.39 is 10.0 Å². The van der Waals surface area contributed by atoms with Crippen molar-refractivity contribution in [3.05, 3.63) is 36.1 Å². The summed E-state index contributed by atoms with van der Waals surface area (Å²) in [5.41, 5.74) is 0.878. The van der Waals surface area contributed by atoms with Gasteiger partial charge in [-0.1, -0.05) is 18.2 Å². The van der Waals surface area contributed by atoms with Gasteiger partial charge in [-0.25, -0.2) is 12.7 Å². The van der Waals surface area contributed by atoms with Crippen molar-refractivity contribution in [1.29, 1.82) is 0 Å². The van der Waals surface area contributed by atoms with Gasteiger partial charge in [0, 0.05) is 25.0 Å². The Morgan fingerprint density at radius 3 is 2.90 bits per heavy atom. The molecule has 0 aliphatic carbocycles. The molecule has 1 aromatic carbocycles. The molecule has 1 N–H and O–H groups in total. The number of nitrogens with zero attached hydrogens (tertiary/aromatic N) is 1. The SMILES string of the molecule is CC(NCCN1CCCS1(=O)=O)c1cc2ccccc2o1. The first-order chi connectivity index (χ1) is 10.1. The Morgan fingerprint density at radius 2 is 2.19 bits per heavy atom. The second-order valence-corrected chi connectivity index (χ2v) is 7.52. The third kappa shape index (κ3) is 3.12. The second kappa shape index (κ2) is 5.79. The summed E-state index contributed by atoms with van der Waals surface area (Å²) in [5, 5.41) is 4.41. The Labute approximate surface area is 125 Å². The molecule has 5 nitrogen and oxygen atoms in total. The molecule has 1 aliphatic rings. The van der Waals surface area contributed by atoms with Crippen LogP contribution >= 0.6 is 0 Å². The maximum absolute atomic E-state index is 11.7. The number of furan rings is 1. The molecule has 1 aliphatic heterocycles. The standard InChI is InChI=1S/C15H20N2O3S/c1-12(15-11-13-5-2-3-6-14(13)20-15)16-7-9-17-8-4-10-21(17,18)19/h2-3,5-6,11-12,16H,4,7-10H2,1H3. The summed E-state index contributed by atoms with van der Waals surface area (Å²) in [5.74, 6) is 1.16. The first kappa shape index (κ1) is 14.6. The number of sulfonamides is 1. The molecule has 0 bridgehead atoms. The Bertz CT molecular complexity index is 690. The Kier molecular flexibility index (Phi) is 4.01. The summed E-state index contributed by atoms with van der Waals surface area (Å²) in [4.78, 5) is 0. The number of nitrogens with one attached hydrogen (secondary N) is 1. The molecule has 0 radical (unpaired) electrons. The molecular weight excluding hydrogens is 288 g/mol. The van der Waals surface area contributed by atoms with Crippen LogP contribution in [0, 0.1) is 0 Å². The number of hydrogen-bond acceptors (Lipinski definition) is 4. The van der Waals surface area contributed by atoms with Crippen molar-refractivity contribution in [3.8, 4) is 0 Å². The quantitative estimate of drug-likeness (QED) is 0.919. The average molecular weight is 308 g/mol. The van der Waals surface area contributed by atoms with Crippen molar-refractivity contribution in [2.45, 2.75) is 19.4 Å². The summed E-state index contributed by atoms with van der Waals surface area (Å²) in [7, 11) is -3.00. The van der Waals surface area contributed by atoms with Gasteiger partial charge in [0.2, 0.25) is 10.0 Å². The van der Waals surface area contributed by atoms with Gasteiger partial charge < -0.3 is 9.73 Å². The molecule has 0 amide bonds. The van der Waals surface area contributed by atoms with Crippen molar-refractivity contribution < 1.29 is 12.8 Å². The van der Waals surface area contributed by atoms with Crippen molar-refractivity contribution in [3.63, 3.8) is 0 Å². The van der Waals surface area contributed by atoms with Crippen LogP contribution in [0.25, 0.3) is 11.0 Å². The molecule has 1 unspecified atom stereocenters. The van der Waals surface area contributed by atoms with Crippen LogP contribution in [-0.2, 0) is 10.0 Å². The van der Waals surface area contributed by atoms with E-state index >= 15 is 0 Å². The molecule has 114 valence electrons. The summed E-state index contributed by atoms with van der Waals surface area (Å²) >= 11 is 0. The van der Waals surface area contributed by atoms with Gasteiger partial charge in [-0.3, -0.25) is 0 Å². The van der Waals surface area contributed by atoms with Gasteiger partial charge >= 0.3 is 0 Å². The highest BCUT2D eigenvalue weighted by molar-refractivity contribution is 7.89. The number of para-hydroxylation sites is 1. The lowest BCUT2D eigenvalue weighted by atomic mass is 10.2. The molecule has 2 aromatic rings. The zero-order chi connectivity index (χ0) is 14.9. The van der Waals surface area contributed by atoms with Gasteiger partial charge in [-0.2, -0.15) is 0 Å². The number of benzene rings is 1. The predicted octanol–water partition coefficient (Wildman–Crippen LogP) is 2.12. The zero-order valence-corrected chi connectivity index (χ0v) is 12.9. The van der Waals surface area contributed by atoms with Crippen LogP contribution in [0.1, 0.15) is 25.1 Å². The van der Waals surface area contributed by atoms with Crippen molar-refractivity contribution >= 4 is 21.0 Å². The van der Waals surface area contributed by atoms with Crippen LogP contribution in [0.2, 0.25) is 0 Å². The van der Waals surface area contributed by atoms with E-state index in [-0.39, 0.29) is 11.8 Å². The zero-order valence-electron chi connectivity index (χ0n) is 12.1. The highest BCUT2D eigenvalue weighted by Gasteiger charge is 2.27. The summed E-state index contributed by atoms with van der Waals surface area (Å²) in [6.45, 7) is 3.81. The molecule has 6 heteroatoms. The minimum atomic E-state index is -3.00. The van der Waals surface area contributed by atoms with Crippen LogP contribution in [0.3, 0.4) is 0 Å². The molecule has 1 atom stereocenters. The Hall–Kier alpha value is -1.37. The van der Waals surface area contributed by atoms with Crippen molar-refractivity contribution in [2.24, 2.45) is 0 Å². The van der Waals surface area contributed by atoms with E-state index in [2.05, 4.69) is 5.32 Å². The van der Waals surface area contributed by atoms with E-state index in [9.17, 15) is 8.42 Å². The smallest absolute Gasteiger partial charge is 0.214 e. The van der Waals surface area contributed by atoms with Crippen LogP contribution in [0.15, 0.2) is 34.7 Å². The second-order valence-electron chi connectivity index (χ2n) is 5.43. The molecule has 21 heavy (non-hydrogen) atoms. The molecule has 1 fully saturated rings. The molecule has 0 spiro atoms. The van der Waals surface area contributed by atoms with Gasteiger partial charge in [0.05, 0.1) is 11.8 Å². The normalized spacial score (nSPS) is 20.0. The summed E-state index contributed by atoms with van der Waals surface area (Å²) in [6.07, 6.45) is 0.738. The van der Waals surface area contributed by atoms with Crippen LogP contribution in [-0.4, -0.2) is 38.1 Å². The van der Waals surface area contributed by atoms with Gasteiger partial charge in [0.15, 0.2) is 0 Å². The van der Waals surface area contributed by atoms with E-state index in [1.807, 2.05) is 37.3 Å². The molecule has 0 saturated carbocycles. The van der Waals surface area contributed by atoms with E-state index in [1.165, 1.54) is 0 Å².